The molecule has 0 saturated carbocycles. The van der Waals surface area contributed by atoms with E-state index in [1.165, 1.54) is 6.07 Å². The predicted octanol–water partition coefficient (Wildman–Crippen LogP) is 5.09. The van der Waals surface area contributed by atoms with Crippen molar-refractivity contribution in [1.29, 1.82) is 0 Å². The van der Waals surface area contributed by atoms with Gasteiger partial charge in [0.1, 0.15) is 11.3 Å². The lowest BCUT2D eigenvalue weighted by Gasteiger charge is -2.40. The maximum atomic E-state index is 15.2. The number of nitrogens with one attached hydrogen (secondary N) is 1. The highest BCUT2D eigenvalue weighted by atomic mass is 19.1. The standard InChI is InChI=1S/C26H26FN5O2/c1-16-7-5-14-32(20(16)15-30-26-31-19-8-3-4-9-21(19)34-26)25(33)23-18(27)11-10-17(2)22(23)24-28-12-6-13-29-24/h3-4,6,8-13,16,20H,5,7,14-15H2,1-2H3,(H,30,31). The highest BCUT2D eigenvalue weighted by Crippen LogP contribution is 2.32. The molecule has 2 aromatic heterocycles. The number of para-hydroxylation sites is 2. The fraction of sp³-hybridized carbons (Fsp3) is 0.308. The molecule has 1 aliphatic heterocycles. The van der Waals surface area contributed by atoms with Crippen molar-refractivity contribution in [3.8, 4) is 11.4 Å². The maximum absolute atomic E-state index is 15.2. The van der Waals surface area contributed by atoms with Crippen LogP contribution in [0.25, 0.3) is 22.5 Å². The number of likely N-dealkylation sites (tertiary alicyclic amines) is 1. The molecule has 7 nitrogen and oxygen atoms in total. The second kappa shape index (κ2) is 9.21. The van der Waals surface area contributed by atoms with Crippen molar-refractivity contribution in [2.75, 3.05) is 18.4 Å². The van der Waals surface area contributed by atoms with Crippen LogP contribution in [-0.2, 0) is 0 Å². The second-order valence-electron chi connectivity index (χ2n) is 8.74. The van der Waals surface area contributed by atoms with Crippen molar-refractivity contribution in [1.82, 2.24) is 19.9 Å². The van der Waals surface area contributed by atoms with Crippen LogP contribution in [0.1, 0.15) is 35.7 Å². The minimum Gasteiger partial charge on any atom is -0.424 e. The van der Waals surface area contributed by atoms with Crippen molar-refractivity contribution >= 4 is 23.0 Å². The predicted molar refractivity (Wildman–Crippen MR) is 128 cm³/mol. The molecule has 3 heterocycles. The van der Waals surface area contributed by atoms with E-state index in [1.807, 2.05) is 31.2 Å². The van der Waals surface area contributed by atoms with E-state index >= 15 is 4.39 Å². The molecule has 0 aliphatic carbocycles. The van der Waals surface area contributed by atoms with Gasteiger partial charge in [0, 0.05) is 31.0 Å². The number of rotatable bonds is 5. The lowest BCUT2D eigenvalue weighted by Crippen LogP contribution is -2.51. The zero-order valence-corrected chi connectivity index (χ0v) is 19.2. The summed E-state index contributed by atoms with van der Waals surface area (Å²) in [4.78, 5) is 28.7. The van der Waals surface area contributed by atoms with E-state index in [0.717, 1.165) is 23.9 Å². The molecule has 2 atom stereocenters. The minimum atomic E-state index is -0.568. The zero-order chi connectivity index (χ0) is 23.7. The summed E-state index contributed by atoms with van der Waals surface area (Å²) in [6.45, 7) is 4.95. The number of amides is 1. The first-order chi connectivity index (χ1) is 16.5. The van der Waals surface area contributed by atoms with E-state index < -0.39 is 5.82 Å². The molecule has 1 aliphatic rings. The summed E-state index contributed by atoms with van der Waals surface area (Å²) in [6, 6.07) is 12.5. The van der Waals surface area contributed by atoms with Crippen LogP contribution in [0.2, 0.25) is 0 Å². The fourth-order valence-corrected chi connectivity index (χ4v) is 4.70. The summed E-state index contributed by atoms with van der Waals surface area (Å²) in [5.41, 5.74) is 2.68. The van der Waals surface area contributed by atoms with Crippen LogP contribution >= 0.6 is 0 Å². The Morgan fingerprint density at radius 2 is 1.97 bits per heavy atom. The Morgan fingerprint density at radius 1 is 1.18 bits per heavy atom. The molecule has 5 rings (SSSR count). The number of nitrogens with zero attached hydrogens (tertiary/aromatic N) is 4. The summed E-state index contributed by atoms with van der Waals surface area (Å²) in [5.74, 6) is -0.352. The van der Waals surface area contributed by atoms with Gasteiger partial charge < -0.3 is 14.6 Å². The Bertz CT molecular complexity index is 1290. The molecule has 0 bridgehead atoms. The Labute approximate surface area is 197 Å². The SMILES string of the molecule is Cc1ccc(F)c(C(=O)N2CCCC(C)C2CNc2nc3ccccc3o2)c1-c1ncccn1. The molecule has 2 unspecified atom stereocenters. The van der Waals surface area contributed by atoms with Crippen LogP contribution in [0.4, 0.5) is 10.4 Å². The van der Waals surface area contributed by atoms with E-state index in [9.17, 15) is 4.79 Å². The molecule has 1 amide bonds. The third-order valence-electron chi connectivity index (χ3n) is 6.50. The summed E-state index contributed by atoms with van der Waals surface area (Å²) in [5, 5.41) is 3.25. The van der Waals surface area contributed by atoms with Crippen molar-refractivity contribution in [3.63, 3.8) is 0 Å². The quantitative estimate of drug-likeness (QED) is 0.448. The van der Waals surface area contributed by atoms with Gasteiger partial charge in [-0.05, 0) is 55.5 Å². The average Bonchev–Trinajstić information content (AvgIpc) is 3.27. The largest absolute Gasteiger partial charge is 0.424 e. The number of carbonyl (C=O) groups is 1. The number of benzene rings is 2. The Kier molecular flexibility index (Phi) is 5.96. The minimum absolute atomic E-state index is 0.0205. The smallest absolute Gasteiger partial charge is 0.295 e. The monoisotopic (exact) mass is 459 g/mol. The summed E-state index contributed by atoms with van der Waals surface area (Å²) >= 11 is 0. The van der Waals surface area contributed by atoms with Gasteiger partial charge in [0.15, 0.2) is 11.4 Å². The Morgan fingerprint density at radius 3 is 2.76 bits per heavy atom. The van der Waals surface area contributed by atoms with Gasteiger partial charge in [-0.2, -0.15) is 4.98 Å². The molecule has 4 aromatic rings. The van der Waals surface area contributed by atoms with E-state index in [1.54, 1.807) is 29.4 Å². The molecule has 1 N–H and O–H groups in total. The first-order valence-corrected chi connectivity index (χ1v) is 11.5. The molecule has 1 saturated heterocycles. The molecule has 1 fully saturated rings. The number of piperidine rings is 1. The molecule has 0 radical (unpaired) electrons. The van der Waals surface area contributed by atoms with Gasteiger partial charge in [-0.3, -0.25) is 4.79 Å². The second-order valence-corrected chi connectivity index (χ2v) is 8.74. The number of carbonyl (C=O) groups excluding carboxylic acids is 1. The van der Waals surface area contributed by atoms with Gasteiger partial charge in [0.05, 0.1) is 11.6 Å². The molecular formula is C26H26FN5O2. The van der Waals surface area contributed by atoms with Crippen molar-refractivity contribution in [2.45, 2.75) is 32.7 Å². The van der Waals surface area contributed by atoms with Crippen molar-refractivity contribution in [3.05, 3.63) is 71.8 Å². The summed E-state index contributed by atoms with van der Waals surface area (Å²) in [6.07, 6.45) is 5.03. The number of halogens is 1. The Balaban J connectivity index is 1.46. The number of oxazole rings is 1. The lowest BCUT2D eigenvalue weighted by molar-refractivity contribution is 0.0535. The van der Waals surface area contributed by atoms with Gasteiger partial charge in [0.2, 0.25) is 0 Å². The van der Waals surface area contributed by atoms with Crippen molar-refractivity contribution < 1.29 is 13.6 Å². The maximum Gasteiger partial charge on any atom is 0.295 e. The van der Waals surface area contributed by atoms with Gasteiger partial charge in [-0.25, -0.2) is 14.4 Å². The van der Waals surface area contributed by atoms with Crippen LogP contribution in [0.3, 0.4) is 0 Å². The van der Waals surface area contributed by atoms with Crippen LogP contribution in [0.15, 0.2) is 59.3 Å². The average molecular weight is 460 g/mol. The zero-order valence-electron chi connectivity index (χ0n) is 19.2. The lowest BCUT2D eigenvalue weighted by atomic mass is 9.89. The third kappa shape index (κ3) is 4.11. The van der Waals surface area contributed by atoms with Crippen molar-refractivity contribution in [2.24, 2.45) is 5.92 Å². The molecule has 0 spiro atoms. The summed E-state index contributed by atoms with van der Waals surface area (Å²) in [7, 11) is 0. The molecular weight excluding hydrogens is 433 g/mol. The van der Waals surface area contributed by atoms with Gasteiger partial charge in [0.25, 0.3) is 11.9 Å². The number of fused-ring (bicyclic) bond motifs is 1. The molecule has 174 valence electrons. The first-order valence-electron chi connectivity index (χ1n) is 11.5. The van der Waals surface area contributed by atoms with E-state index in [2.05, 4.69) is 27.2 Å². The van der Waals surface area contributed by atoms with E-state index in [4.69, 9.17) is 4.42 Å². The van der Waals surface area contributed by atoms with Gasteiger partial charge >= 0.3 is 0 Å². The van der Waals surface area contributed by atoms with Crippen LogP contribution in [0.5, 0.6) is 0 Å². The molecule has 2 aromatic carbocycles. The summed E-state index contributed by atoms with van der Waals surface area (Å²) < 4.78 is 21.0. The molecule has 8 heteroatoms. The highest BCUT2D eigenvalue weighted by Gasteiger charge is 2.35. The topological polar surface area (TPSA) is 84.2 Å². The number of aromatic nitrogens is 3. The van der Waals surface area contributed by atoms with Gasteiger partial charge in [-0.1, -0.05) is 25.1 Å². The van der Waals surface area contributed by atoms with Crippen LogP contribution < -0.4 is 5.32 Å². The number of hydrogen-bond acceptors (Lipinski definition) is 6. The number of anilines is 1. The van der Waals surface area contributed by atoms with E-state index in [-0.39, 0.29) is 23.4 Å². The Hall–Kier alpha value is -3.81. The van der Waals surface area contributed by atoms with Crippen LogP contribution in [0, 0.1) is 18.7 Å². The van der Waals surface area contributed by atoms with E-state index in [0.29, 0.717) is 36.1 Å². The number of aryl methyl sites for hydroxylation is 1. The molecule has 34 heavy (non-hydrogen) atoms. The third-order valence-corrected chi connectivity index (χ3v) is 6.50. The highest BCUT2D eigenvalue weighted by molar-refractivity contribution is 6.01. The van der Waals surface area contributed by atoms with Gasteiger partial charge in [-0.15, -0.1) is 0 Å². The van der Waals surface area contributed by atoms with Crippen LogP contribution in [-0.4, -0.2) is 44.9 Å². The normalized spacial score (nSPS) is 18.3. The first kappa shape index (κ1) is 22.0. The number of hydrogen-bond donors (Lipinski definition) is 1. The fourth-order valence-electron chi connectivity index (χ4n) is 4.70.